The van der Waals surface area contributed by atoms with Crippen molar-refractivity contribution in [2.24, 2.45) is 35.5 Å². The third-order valence-corrected chi connectivity index (χ3v) is 16.0. The summed E-state index contributed by atoms with van der Waals surface area (Å²) in [5, 5.41) is 78.9. The van der Waals surface area contributed by atoms with E-state index in [-0.39, 0.29) is 68.6 Å². The number of carboxylic acid groups (broad SMARTS) is 2. The molecule has 95 heavy (non-hydrogen) atoms. The third-order valence-electron chi connectivity index (χ3n) is 16.0. The molecule has 31 heteroatoms. The summed E-state index contributed by atoms with van der Waals surface area (Å²) in [4.78, 5) is 195. The fraction of sp³-hybridized carbons (Fsp3) is 0.781. The number of nitrogens with one attached hydrogen (secondary N) is 11. The van der Waals surface area contributed by atoms with E-state index >= 15 is 0 Å². The zero-order valence-corrected chi connectivity index (χ0v) is 57.9. The second-order valence-corrected chi connectivity index (χ2v) is 26.6. The molecule has 1 aliphatic rings. The second kappa shape index (κ2) is 43.5. The molecule has 1 fully saturated rings. The van der Waals surface area contributed by atoms with Gasteiger partial charge in [-0.15, -0.1) is 0 Å². The topological polar surface area (TPSA) is 482 Å². The van der Waals surface area contributed by atoms with Gasteiger partial charge in [-0.25, -0.2) is 4.79 Å². The van der Waals surface area contributed by atoms with Crippen LogP contribution in [0.2, 0.25) is 0 Å². The highest BCUT2D eigenvalue weighted by Crippen LogP contribution is 2.19. The van der Waals surface area contributed by atoms with Gasteiger partial charge < -0.3 is 88.8 Å². The molecule has 0 saturated carbocycles. The molecule has 1 aliphatic heterocycles. The van der Waals surface area contributed by atoms with Crippen molar-refractivity contribution in [3.05, 3.63) is 0 Å². The summed E-state index contributed by atoms with van der Waals surface area (Å²) in [5.74, 6) is -18.7. The Balaban J connectivity index is 4.25. The van der Waals surface area contributed by atoms with Crippen molar-refractivity contribution in [2.45, 2.75) is 272 Å². The maximum atomic E-state index is 14.4. The van der Waals surface area contributed by atoms with Gasteiger partial charge in [-0.3, -0.25) is 62.3 Å². The average Bonchev–Trinajstić information content (AvgIpc) is 0.886. The molecule has 542 valence electrons. The predicted molar refractivity (Wildman–Crippen MR) is 346 cm³/mol. The van der Waals surface area contributed by atoms with Gasteiger partial charge in [0.2, 0.25) is 65.0 Å². The Kier molecular flexibility index (Phi) is 39.2. The van der Waals surface area contributed by atoms with Crippen molar-refractivity contribution in [1.29, 1.82) is 0 Å². The van der Waals surface area contributed by atoms with Crippen LogP contribution in [-0.2, 0) is 71.9 Å². The van der Waals surface area contributed by atoms with Crippen LogP contribution in [0.3, 0.4) is 0 Å². The zero-order chi connectivity index (χ0) is 72.6. The van der Waals surface area contributed by atoms with Gasteiger partial charge in [-0.1, -0.05) is 129 Å². The molecule has 0 aromatic heterocycles. The molecule has 0 radical (unpaired) electrons. The SMILES string of the molecule is CCCCCCCC1CC(=O)NC(CC(C)C)C(=O)NC(CC(=O)O)C(=O)NC(C(C)O)C(=O)NC(CC(C)C)C(=O)NC(CC(C)C)C(=O)NC(CO)C(=O)NC(CC(C)C)C(=O)NC(CO)C(=O)NC(C(C)CC)C(=O)NC(C(C)CC)C(=O)NC(CC(=O)O)C(=O)O1. The van der Waals surface area contributed by atoms with Gasteiger partial charge in [-0.05, 0) is 81.0 Å². The predicted octanol–water partition coefficient (Wildman–Crippen LogP) is -0.413. The summed E-state index contributed by atoms with van der Waals surface area (Å²) >= 11 is 0. The number of esters is 1. The number of carbonyl (C=O) groups excluding carboxylic acids is 12. The highest BCUT2D eigenvalue weighted by molar-refractivity contribution is 6.00. The van der Waals surface area contributed by atoms with Gasteiger partial charge in [-0.2, -0.15) is 0 Å². The summed E-state index contributed by atoms with van der Waals surface area (Å²) in [5.41, 5.74) is 0. The smallest absolute Gasteiger partial charge is 0.329 e. The Hall–Kier alpha value is -7.54. The van der Waals surface area contributed by atoms with Crippen molar-refractivity contribution in [3.8, 4) is 0 Å². The van der Waals surface area contributed by atoms with Gasteiger partial charge in [0.05, 0.1) is 38.6 Å². The van der Waals surface area contributed by atoms with E-state index < -0.39 is 206 Å². The number of aliphatic hydroxyl groups is 3. The Morgan fingerprint density at radius 3 is 1.09 bits per heavy atom. The Bertz CT molecular complexity index is 2570. The van der Waals surface area contributed by atoms with Crippen LogP contribution in [0.4, 0.5) is 0 Å². The number of aliphatic carboxylic acids is 2. The summed E-state index contributed by atoms with van der Waals surface area (Å²) < 4.78 is 5.82. The molecule has 15 atom stereocenters. The molecule has 1 heterocycles. The van der Waals surface area contributed by atoms with Crippen LogP contribution in [0.1, 0.15) is 193 Å². The van der Waals surface area contributed by atoms with Crippen LogP contribution >= 0.6 is 0 Å². The minimum Gasteiger partial charge on any atom is -0.481 e. The molecule has 0 aromatic carbocycles. The Labute approximate surface area is 557 Å². The van der Waals surface area contributed by atoms with Crippen LogP contribution in [0, 0.1) is 35.5 Å². The van der Waals surface area contributed by atoms with E-state index in [4.69, 9.17) is 4.74 Å². The largest absolute Gasteiger partial charge is 0.481 e. The van der Waals surface area contributed by atoms with E-state index in [9.17, 15) is 92.7 Å². The molecule has 0 spiro atoms. The maximum Gasteiger partial charge on any atom is 0.329 e. The molecule has 11 amide bonds. The second-order valence-electron chi connectivity index (χ2n) is 26.6. The fourth-order valence-electron chi connectivity index (χ4n) is 10.3. The molecule has 31 nitrogen and oxygen atoms in total. The van der Waals surface area contributed by atoms with Gasteiger partial charge in [0.15, 0.2) is 0 Å². The Morgan fingerprint density at radius 1 is 0.400 bits per heavy atom. The number of ether oxygens (including phenoxy) is 1. The third kappa shape index (κ3) is 31.7. The van der Waals surface area contributed by atoms with Gasteiger partial charge in [0.25, 0.3) is 0 Å². The average molecular weight is 1350 g/mol. The summed E-state index contributed by atoms with van der Waals surface area (Å²) in [6.07, 6.45) is -2.22. The standard InChI is InChI=1S/C64H111N11O20/c1-15-18-19-20-21-22-39-27-48(79)65-40(23-32(4)5)54(84)68-44(28-49(80)81)58(88)75-53(38(14)78)63(93)69-43(26-35(10)11)55(85)66-41(24-33(6)7)56(86)71-46(30-76)59(89)67-42(25-34(8)9)57(87)72-47(31-77)60(90)73-52(37(13)17-3)62(92)74-51(36(12)16-2)61(91)70-45(29-50(82)83)64(94)95-39/h32-47,51-53,76-78H,15-31H2,1-14H3,(H,65,79)(H,66,85)(H,67,89)(H,68,84)(H,69,93)(H,70,91)(H,71,86)(H,72,87)(H,73,90)(H,74,92)(H,75,88)(H,80,81)(H,82,83). The lowest BCUT2D eigenvalue weighted by atomic mass is 9.94. The molecule has 0 bridgehead atoms. The summed E-state index contributed by atoms with van der Waals surface area (Å²) in [7, 11) is 0. The lowest BCUT2D eigenvalue weighted by Crippen LogP contribution is -2.62. The van der Waals surface area contributed by atoms with Crippen LogP contribution in [-0.4, -0.2) is 200 Å². The molecule has 0 aromatic rings. The molecule has 16 N–H and O–H groups in total. The monoisotopic (exact) mass is 1350 g/mol. The first-order valence-electron chi connectivity index (χ1n) is 33.3. The van der Waals surface area contributed by atoms with Crippen LogP contribution < -0.4 is 58.5 Å². The van der Waals surface area contributed by atoms with Crippen LogP contribution in [0.5, 0.6) is 0 Å². The van der Waals surface area contributed by atoms with E-state index in [2.05, 4.69) is 58.5 Å². The molecule has 1 saturated heterocycles. The number of amides is 11. The highest BCUT2D eigenvalue weighted by atomic mass is 16.5. The number of unbranched alkanes of at least 4 members (excludes halogenated alkanes) is 4. The lowest BCUT2D eigenvalue weighted by Gasteiger charge is -2.31. The first-order valence-corrected chi connectivity index (χ1v) is 33.3. The van der Waals surface area contributed by atoms with Crippen LogP contribution in [0.15, 0.2) is 0 Å². The van der Waals surface area contributed by atoms with Crippen molar-refractivity contribution >= 4 is 82.9 Å². The fourth-order valence-corrected chi connectivity index (χ4v) is 10.3. The van der Waals surface area contributed by atoms with Crippen molar-refractivity contribution in [1.82, 2.24) is 58.5 Å². The first-order chi connectivity index (χ1) is 44.4. The first kappa shape index (κ1) is 85.5. The number of cyclic esters (lactones) is 1. The molecular formula is C64H111N11O20. The molecule has 0 aliphatic carbocycles. The van der Waals surface area contributed by atoms with Crippen molar-refractivity contribution in [2.75, 3.05) is 13.2 Å². The van der Waals surface area contributed by atoms with E-state index in [1.165, 1.54) is 0 Å². The lowest BCUT2D eigenvalue weighted by molar-refractivity contribution is -0.158. The van der Waals surface area contributed by atoms with E-state index in [0.717, 1.165) is 26.2 Å². The number of rotatable bonds is 25. The number of hydrogen-bond acceptors (Lipinski definition) is 18. The van der Waals surface area contributed by atoms with E-state index in [1.54, 1.807) is 83.1 Å². The summed E-state index contributed by atoms with van der Waals surface area (Å²) in [6, 6.07) is -18.3. The normalized spacial score (nSPS) is 26.6. The number of carbonyl (C=O) groups is 14. The van der Waals surface area contributed by atoms with Crippen LogP contribution in [0.25, 0.3) is 0 Å². The zero-order valence-electron chi connectivity index (χ0n) is 57.9. The minimum absolute atomic E-state index is 0.0322. The quantitative estimate of drug-likeness (QED) is 0.0408. The minimum atomic E-state index is -1.97. The van der Waals surface area contributed by atoms with Gasteiger partial charge >= 0.3 is 17.9 Å². The van der Waals surface area contributed by atoms with E-state index in [1.807, 2.05) is 6.92 Å². The van der Waals surface area contributed by atoms with Crippen molar-refractivity contribution < 1.29 is 97.4 Å². The molecule has 1 rings (SSSR count). The molecular weight excluding hydrogens is 1240 g/mol. The number of aliphatic hydroxyl groups excluding tert-OH is 3. The van der Waals surface area contributed by atoms with Crippen molar-refractivity contribution in [3.63, 3.8) is 0 Å². The van der Waals surface area contributed by atoms with Gasteiger partial charge in [0, 0.05) is 0 Å². The van der Waals surface area contributed by atoms with E-state index in [0.29, 0.717) is 12.8 Å². The molecule has 15 unspecified atom stereocenters. The number of hydrogen-bond donors (Lipinski definition) is 16. The highest BCUT2D eigenvalue weighted by Gasteiger charge is 2.40. The maximum absolute atomic E-state index is 14.4. The number of carboxylic acids is 2. The Morgan fingerprint density at radius 2 is 0.705 bits per heavy atom. The summed E-state index contributed by atoms with van der Waals surface area (Å²) in [6.45, 7) is 21.1. The van der Waals surface area contributed by atoms with Gasteiger partial charge in [0.1, 0.15) is 72.6 Å².